The molecule has 1 spiro atoms. The molecule has 0 saturated heterocycles. The summed E-state index contributed by atoms with van der Waals surface area (Å²) in [5.74, 6) is 6.61. The van der Waals surface area contributed by atoms with Crippen molar-refractivity contribution in [2.24, 2.45) is 0 Å². The van der Waals surface area contributed by atoms with E-state index in [0.717, 1.165) is 51.5 Å². The predicted molar refractivity (Wildman–Crippen MR) is 201 cm³/mol. The molecule has 4 aliphatic rings. The lowest BCUT2D eigenvalue weighted by atomic mass is 9.69. The van der Waals surface area contributed by atoms with E-state index in [9.17, 15) is 10.0 Å². The van der Waals surface area contributed by atoms with Crippen LogP contribution in [-0.2, 0) is 5.41 Å². The zero-order chi connectivity index (χ0) is 32.7. The fourth-order valence-electron chi connectivity index (χ4n) is 9.16. The van der Waals surface area contributed by atoms with Crippen molar-refractivity contribution in [2.75, 3.05) is 0 Å². The van der Waals surface area contributed by atoms with Crippen molar-refractivity contribution in [1.29, 1.82) is 0 Å². The summed E-state index contributed by atoms with van der Waals surface area (Å²) in [6, 6.07) is 39.8. The minimum absolute atomic E-state index is 0.406. The molecule has 0 atom stereocenters. The summed E-state index contributed by atoms with van der Waals surface area (Å²) in [6.45, 7) is 0. The van der Waals surface area contributed by atoms with Crippen molar-refractivity contribution in [2.45, 2.75) is 31.1 Å². The zero-order valence-corrected chi connectivity index (χ0v) is 26.9. The summed E-state index contributed by atoms with van der Waals surface area (Å²) in [5, 5.41) is 24.0. The van der Waals surface area contributed by atoms with Crippen molar-refractivity contribution in [3.8, 4) is 34.1 Å². The highest BCUT2D eigenvalue weighted by Crippen LogP contribution is 2.64. The molecule has 4 heteroatoms. The van der Waals surface area contributed by atoms with Crippen LogP contribution >= 0.6 is 0 Å². The molecular weight excluding hydrogens is 597 g/mol. The fraction of sp³-hybridized carbons (Fsp3) is 0.111. The van der Waals surface area contributed by atoms with Gasteiger partial charge in [-0.1, -0.05) is 133 Å². The zero-order valence-electron chi connectivity index (χ0n) is 26.9. The van der Waals surface area contributed by atoms with Gasteiger partial charge in [-0.05, 0) is 75.1 Å². The summed E-state index contributed by atoms with van der Waals surface area (Å²) in [4.78, 5) is 0. The molecule has 0 fully saturated rings. The first kappa shape index (κ1) is 28.4. The Balaban J connectivity index is 1.39. The number of hydrogen-bond donors (Lipinski definition) is 2. The minimum atomic E-state index is -1.63. The molecule has 2 N–H and O–H groups in total. The Morgan fingerprint density at radius 2 is 1.43 bits per heavy atom. The first-order chi connectivity index (χ1) is 24.2. The molecule has 6 aromatic rings. The molecule has 0 bridgehead atoms. The molecule has 232 valence electrons. The van der Waals surface area contributed by atoms with Crippen LogP contribution < -0.4 is 0 Å². The van der Waals surface area contributed by atoms with Crippen LogP contribution in [0, 0.1) is 11.8 Å². The summed E-state index contributed by atoms with van der Waals surface area (Å²) in [5.41, 5.74) is 15.8. The van der Waals surface area contributed by atoms with Crippen LogP contribution in [-0.4, -0.2) is 21.7 Å². The Kier molecular flexibility index (Phi) is 6.21. The van der Waals surface area contributed by atoms with Gasteiger partial charge in [0.05, 0.1) is 16.4 Å². The number of rotatable bonds is 3. The molecule has 4 aliphatic carbocycles. The van der Waals surface area contributed by atoms with E-state index < -0.39 is 12.5 Å². The number of fused-ring (bicyclic) bond motifs is 13. The lowest BCUT2D eigenvalue weighted by molar-refractivity contribution is 0.420. The van der Waals surface area contributed by atoms with E-state index in [2.05, 4.69) is 132 Å². The van der Waals surface area contributed by atoms with Gasteiger partial charge in [-0.3, -0.25) is 0 Å². The van der Waals surface area contributed by atoms with Gasteiger partial charge in [0.25, 0.3) is 0 Å². The van der Waals surface area contributed by atoms with E-state index in [1.165, 1.54) is 44.5 Å². The number of aromatic nitrogens is 1. The third kappa shape index (κ3) is 3.83. The molecule has 10 rings (SSSR count). The van der Waals surface area contributed by atoms with Crippen molar-refractivity contribution >= 4 is 40.2 Å². The normalized spacial score (nSPS) is 18.8. The highest BCUT2D eigenvalue weighted by molar-refractivity contribution is 6.53. The van der Waals surface area contributed by atoms with Crippen molar-refractivity contribution < 1.29 is 10.0 Å². The Morgan fingerprint density at radius 3 is 2.20 bits per heavy atom. The SMILES string of the molecule is OB(O)C1=C(\n2c3ccc(-c4ccccc4)cc3c3ccc4c(c32)C2=C(C=CCC2)C42c3ccccc3-c3ccccc32)CC#CC/C=C\1. The van der Waals surface area contributed by atoms with Gasteiger partial charge in [0.2, 0.25) is 0 Å². The Bertz CT molecular complexity index is 2540. The van der Waals surface area contributed by atoms with Gasteiger partial charge in [0, 0.05) is 40.3 Å². The molecule has 1 heterocycles. The first-order valence-electron chi connectivity index (χ1n) is 17.2. The van der Waals surface area contributed by atoms with E-state index in [-0.39, 0.29) is 0 Å². The van der Waals surface area contributed by atoms with E-state index >= 15 is 0 Å². The smallest absolute Gasteiger partial charge is 0.423 e. The maximum absolute atomic E-state index is 10.8. The van der Waals surface area contributed by atoms with Crippen molar-refractivity contribution in [3.63, 3.8) is 0 Å². The second kappa shape index (κ2) is 10.7. The van der Waals surface area contributed by atoms with Gasteiger partial charge in [-0.2, -0.15) is 0 Å². The molecule has 1 aromatic heterocycles. The molecule has 0 aliphatic heterocycles. The second-order valence-electron chi connectivity index (χ2n) is 13.4. The van der Waals surface area contributed by atoms with Crippen LogP contribution in [0.1, 0.15) is 47.9 Å². The van der Waals surface area contributed by atoms with Crippen LogP contribution in [0.4, 0.5) is 0 Å². The summed E-state index contributed by atoms with van der Waals surface area (Å²) in [6.07, 6.45) is 11.4. The van der Waals surface area contributed by atoms with Gasteiger partial charge in [0.15, 0.2) is 0 Å². The third-order valence-electron chi connectivity index (χ3n) is 11.0. The molecule has 3 nitrogen and oxygen atoms in total. The van der Waals surface area contributed by atoms with Crippen molar-refractivity contribution in [1.82, 2.24) is 4.57 Å². The standard InChI is InChI=1S/C45H32BNO2/c48-46(49)40-22-6-1-2-7-23-42(40)47-41-27-24-30(29-14-4-3-5-15-29)28-35(41)33-25-26-39-43(44(33)47)34-18-10-13-21-38(34)45(39)36-19-11-8-16-31(36)32-17-9-12-20-37(32)45/h3-6,8-9,11-17,19-22,24-28,48-49H,1,10,18,23H2/b22-6-,42-40-. The van der Waals surface area contributed by atoms with E-state index in [1.807, 2.05) is 18.2 Å². The molecule has 0 saturated carbocycles. The van der Waals surface area contributed by atoms with Gasteiger partial charge in [-0.15, -0.1) is 0 Å². The third-order valence-corrected chi connectivity index (χ3v) is 11.0. The highest BCUT2D eigenvalue weighted by atomic mass is 16.4. The lowest BCUT2D eigenvalue weighted by Gasteiger charge is -2.32. The molecule has 0 amide bonds. The average Bonchev–Trinajstić information content (AvgIpc) is 3.73. The number of hydrogen-bond acceptors (Lipinski definition) is 2. The lowest BCUT2D eigenvalue weighted by Crippen LogP contribution is -2.27. The molecule has 5 aromatic carbocycles. The Labute approximate surface area is 286 Å². The summed E-state index contributed by atoms with van der Waals surface area (Å²) in [7, 11) is -1.63. The number of benzene rings is 5. The minimum Gasteiger partial charge on any atom is -0.423 e. The van der Waals surface area contributed by atoms with Crippen LogP contribution in [0.3, 0.4) is 0 Å². The molecule has 0 unspecified atom stereocenters. The molecule has 49 heavy (non-hydrogen) atoms. The van der Waals surface area contributed by atoms with Gasteiger partial charge < -0.3 is 14.6 Å². The number of nitrogens with zero attached hydrogens (tertiary/aromatic N) is 1. The van der Waals surface area contributed by atoms with Crippen LogP contribution in [0.5, 0.6) is 0 Å². The Morgan fingerprint density at radius 1 is 0.673 bits per heavy atom. The number of allylic oxidation sites excluding steroid dienone is 8. The van der Waals surface area contributed by atoms with Crippen LogP contribution in [0.2, 0.25) is 0 Å². The van der Waals surface area contributed by atoms with E-state index in [4.69, 9.17) is 0 Å². The Hall–Kier alpha value is -5.60. The fourth-order valence-corrected chi connectivity index (χ4v) is 9.16. The molecule has 0 radical (unpaired) electrons. The van der Waals surface area contributed by atoms with Gasteiger partial charge >= 0.3 is 7.12 Å². The predicted octanol–water partition coefficient (Wildman–Crippen LogP) is 9.47. The first-order valence-corrected chi connectivity index (χ1v) is 17.2. The summed E-state index contributed by atoms with van der Waals surface area (Å²) < 4.78 is 2.31. The van der Waals surface area contributed by atoms with Gasteiger partial charge in [-0.25, -0.2) is 0 Å². The quantitative estimate of drug-likeness (QED) is 0.151. The monoisotopic (exact) mass is 629 g/mol. The van der Waals surface area contributed by atoms with E-state index in [0.29, 0.717) is 18.3 Å². The average molecular weight is 630 g/mol. The highest BCUT2D eigenvalue weighted by Gasteiger charge is 2.53. The molecular formula is C45H32BNO2. The van der Waals surface area contributed by atoms with Gasteiger partial charge in [0.1, 0.15) is 0 Å². The summed E-state index contributed by atoms with van der Waals surface area (Å²) >= 11 is 0. The van der Waals surface area contributed by atoms with Crippen LogP contribution in [0.15, 0.2) is 145 Å². The van der Waals surface area contributed by atoms with E-state index in [1.54, 1.807) is 0 Å². The van der Waals surface area contributed by atoms with Crippen molar-refractivity contribution in [3.05, 3.63) is 167 Å². The second-order valence-corrected chi connectivity index (χ2v) is 13.4. The largest absolute Gasteiger partial charge is 0.490 e. The van der Waals surface area contributed by atoms with Crippen LogP contribution in [0.25, 0.3) is 55.3 Å². The topological polar surface area (TPSA) is 45.4 Å². The maximum atomic E-state index is 10.8. The maximum Gasteiger partial charge on any atom is 0.490 e.